The summed E-state index contributed by atoms with van der Waals surface area (Å²) in [6.07, 6.45) is 0. The van der Waals surface area contributed by atoms with Gasteiger partial charge in [0.2, 0.25) is 0 Å². The molecular formula is C102H60N6S2. The Balaban J connectivity index is 0.000000134. The predicted octanol–water partition coefficient (Wildman–Crippen LogP) is 28.3. The standard InChI is InChI=1S/C56H33N3S.C46H27N3S/c1-2-13-39-33-40(26-23-34(39)11-1)52-47-32-29-37-12-3-4-14-42(37)53(47)58-56(57-52)38-24-21-35(22-25-38)36-27-30-41(31-28-36)59-48-19-9-7-17-45(48)50-43-15-5-6-16-44(43)51-46-18-8-10-20-49(46)60-55(51)54(50)59;1-2-13-29(14-3-1)42-37-27-24-28-12-4-5-15-32(28)43(37)48-46(47-42)30-22-25-31(26-23-30)49-38-20-10-8-18-35(38)40-33-16-6-7-17-34(33)41-36-19-9-11-21-39(36)50-45(41)44(40)49/h1-33H;1-27H. The minimum atomic E-state index is 0.718. The molecule has 0 fully saturated rings. The maximum absolute atomic E-state index is 5.29. The first-order valence-electron chi connectivity index (χ1n) is 37.3. The molecule has 24 aromatic rings. The lowest BCUT2D eigenvalue weighted by molar-refractivity contribution is 1.18. The Hall–Kier alpha value is -14.0. The maximum atomic E-state index is 5.29. The summed E-state index contributed by atoms with van der Waals surface area (Å²) in [5.74, 6) is 1.44. The Kier molecular flexibility index (Phi) is 14.0. The van der Waals surface area contributed by atoms with E-state index in [4.69, 9.17) is 19.9 Å². The van der Waals surface area contributed by atoms with Crippen molar-refractivity contribution >= 4 is 182 Å². The first-order chi connectivity index (χ1) is 54.6. The third kappa shape index (κ3) is 9.66. The first-order valence-corrected chi connectivity index (χ1v) is 39.0. The fourth-order valence-electron chi connectivity index (χ4n) is 17.5. The molecular weight excluding hydrogens is 1370 g/mol. The largest absolute Gasteiger partial charge is 0.308 e. The van der Waals surface area contributed by atoms with Crippen molar-refractivity contribution in [3.05, 3.63) is 364 Å². The highest BCUT2D eigenvalue weighted by atomic mass is 32.1. The van der Waals surface area contributed by atoms with Gasteiger partial charge in [0.1, 0.15) is 0 Å². The molecule has 510 valence electrons. The van der Waals surface area contributed by atoms with Crippen LogP contribution in [0, 0.1) is 0 Å². The highest BCUT2D eigenvalue weighted by Crippen LogP contribution is 2.51. The summed E-state index contributed by atoms with van der Waals surface area (Å²) < 4.78 is 10.2. The van der Waals surface area contributed by atoms with Gasteiger partial charge >= 0.3 is 0 Å². The van der Waals surface area contributed by atoms with Crippen molar-refractivity contribution in [3.8, 4) is 67.8 Å². The second kappa shape index (κ2) is 24.8. The molecule has 0 unspecified atom stereocenters. The molecule has 0 radical (unpaired) electrons. The zero-order valence-electron chi connectivity index (χ0n) is 59.1. The fourth-order valence-corrected chi connectivity index (χ4v) is 20.0. The molecule has 110 heavy (non-hydrogen) atoms. The van der Waals surface area contributed by atoms with Crippen molar-refractivity contribution in [2.24, 2.45) is 0 Å². The lowest BCUT2D eigenvalue weighted by Gasteiger charge is -2.13. The van der Waals surface area contributed by atoms with E-state index in [1.165, 1.54) is 127 Å². The summed E-state index contributed by atoms with van der Waals surface area (Å²) >= 11 is 3.79. The van der Waals surface area contributed by atoms with E-state index in [0.717, 1.165) is 100 Å². The number of thiophene rings is 2. The summed E-state index contributed by atoms with van der Waals surface area (Å²) in [7, 11) is 0. The number of hydrogen-bond donors (Lipinski definition) is 0. The number of benzene rings is 18. The van der Waals surface area contributed by atoms with Crippen molar-refractivity contribution < 1.29 is 0 Å². The highest BCUT2D eigenvalue weighted by molar-refractivity contribution is 7.27. The number of para-hydroxylation sites is 2. The molecule has 6 aromatic heterocycles. The van der Waals surface area contributed by atoms with E-state index in [1.807, 2.05) is 28.7 Å². The Bertz CT molecular complexity index is 7950. The predicted molar refractivity (Wildman–Crippen MR) is 468 cm³/mol. The van der Waals surface area contributed by atoms with Gasteiger partial charge in [0.15, 0.2) is 11.6 Å². The minimum absolute atomic E-state index is 0.718. The second-order valence-electron chi connectivity index (χ2n) is 28.6. The zero-order chi connectivity index (χ0) is 72.1. The van der Waals surface area contributed by atoms with E-state index in [-0.39, 0.29) is 0 Å². The normalized spacial score (nSPS) is 12.0. The molecule has 0 amide bonds. The van der Waals surface area contributed by atoms with Crippen LogP contribution in [0.2, 0.25) is 0 Å². The molecule has 0 saturated heterocycles. The molecule has 0 aliphatic carbocycles. The van der Waals surface area contributed by atoms with E-state index in [1.54, 1.807) is 0 Å². The molecule has 6 heterocycles. The molecule has 0 N–H and O–H groups in total. The second-order valence-corrected chi connectivity index (χ2v) is 30.7. The van der Waals surface area contributed by atoms with Crippen molar-refractivity contribution in [3.63, 3.8) is 0 Å². The minimum Gasteiger partial charge on any atom is -0.308 e. The molecule has 24 rings (SSSR count). The quantitative estimate of drug-likeness (QED) is 0.149. The van der Waals surface area contributed by atoms with Crippen LogP contribution in [0.25, 0.3) is 227 Å². The number of hydrogen-bond acceptors (Lipinski definition) is 6. The third-order valence-electron chi connectivity index (χ3n) is 22.5. The molecule has 0 bridgehead atoms. The monoisotopic (exact) mass is 1430 g/mol. The van der Waals surface area contributed by atoms with Gasteiger partial charge in [0.25, 0.3) is 0 Å². The van der Waals surface area contributed by atoms with Gasteiger partial charge in [0.05, 0.1) is 53.9 Å². The Morgan fingerprint density at radius 1 is 0.209 bits per heavy atom. The zero-order valence-corrected chi connectivity index (χ0v) is 60.8. The molecule has 0 aliphatic heterocycles. The number of aromatic nitrogens is 6. The highest BCUT2D eigenvalue weighted by Gasteiger charge is 2.25. The topological polar surface area (TPSA) is 61.4 Å². The van der Waals surface area contributed by atoms with Gasteiger partial charge in [-0.15, -0.1) is 22.7 Å². The lowest BCUT2D eigenvalue weighted by Crippen LogP contribution is -1.97. The van der Waals surface area contributed by atoms with E-state index in [0.29, 0.717) is 0 Å². The van der Waals surface area contributed by atoms with Gasteiger partial charge in [-0.3, -0.25) is 0 Å². The van der Waals surface area contributed by atoms with Crippen molar-refractivity contribution in [2.75, 3.05) is 0 Å². The maximum Gasteiger partial charge on any atom is 0.160 e. The number of nitrogens with zero attached hydrogens (tertiary/aromatic N) is 6. The average Bonchev–Trinajstić information content (AvgIpc) is 1.54. The van der Waals surface area contributed by atoms with Gasteiger partial charge in [-0.2, -0.15) is 0 Å². The Labute approximate surface area is 638 Å². The Morgan fingerprint density at radius 3 is 1.05 bits per heavy atom. The molecule has 0 spiro atoms. The van der Waals surface area contributed by atoms with Crippen molar-refractivity contribution in [1.82, 2.24) is 29.1 Å². The lowest BCUT2D eigenvalue weighted by atomic mass is 9.99. The number of rotatable bonds is 7. The van der Waals surface area contributed by atoms with Crippen LogP contribution in [-0.2, 0) is 0 Å². The van der Waals surface area contributed by atoms with Crippen LogP contribution in [0.15, 0.2) is 364 Å². The smallest absolute Gasteiger partial charge is 0.160 e. The van der Waals surface area contributed by atoms with Crippen LogP contribution in [0.4, 0.5) is 0 Å². The summed E-state index contributed by atoms with van der Waals surface area (Å²) in [4.78, 5) is 21.0. The fraction of sp³-hybridized carbons (Fsp3) is 0. The van der Waals surface area contributed by atoms with Crippen LogP contribution in [-0.4, -0.2) is 29.1 Å². The molecule has 18 aromatic carbocycles. The Morgan fingerprint density at radius 2 is 0.555 bits per heavy atom. The molecule has 8 heteroatoms. The summed E-state index contributed by atoms with van der Waals surface area (Å²) in [6.45, 7) is 0. The van der Waals surface area contributed by atoms with E-state index < -0.39 is 0 Å². The van der Waals surface area contributed by atoms with Crippen LogP contribution >= 0.6 is 22.7 Å². The van der Waals surface area contributed by atoms with Gasteiger partial charge in [-0.1, -0.05) is 285 Å². The van der Waals surface area contributed by atoms with Crippen molar-refractivity contribution in [1.29, 1.82) is 0 Å². The average molecular weight is 1430 g/mol. The van der Waals surface area contributed by atoms with Gasteiger partial charge in [-0.05, 0) is 133 Å². The van der Waals surface area contributed by atoms with E-state index in [2.05, 4.69) is 367 Å². The van der Waals surface area contributed by atoms with Gasteiger partial charge in [-0.25, -0.2) is 19.9 Å². The van der Waals surface area contributed by atoms with Crippen LogP contribution in [0.3, 0.4) is 0 Å². The summed E-state index contributed by atoms with van der Waals surface area (Å²) in [6, 6.07) is 131. The molecule has 0 saturated carbocycles. The van der Waals surface area contributed by atoms with Gasteiger partial charge < -0.3 is 9.13 Å². The molecule has 6 nitrogen and oxygen atoms in total. The van der Waals surface area contributed by atoms with E-state index >= 15 is 0 Å². The van der Waals surface area contributed by atoms with Crippen LogP contribution < -0.4 is 0 Å². The SMILES string of the molecule is c1ccc(-c2nc(-c3ccc(-n4c5ccccc5c5c6ccccc6c6c7ccccc7sc6c54)cc3)nc3c2ccc2ccccc23)cc1.c1ccc2cc(-c3nc(-c4ccc(-c5ccc(-n6c7ccccc7c7c8ccccc8c8c9ccccc9sc8c76)cc5)cc4)nc4c3ccc3ccccc34)ccc2c1. The van der Waals surface area contributed by atoms with Crippen molar-refractivity contribution in [2.45, 2.75) is 0 Å². The van der Waals surface area contributed by atoms with Crippen LogP contribution in [0.1, 0.15) is 0 Å². The first kappa shape index (κ1) is 62.2. The van der Waals surface area contributed by atoms with Gasteiger partial charge in [0, 0.05) is 108 Å². The van der Waals surface area contributed by atoms with Crippen LogP contribution in [0.5, 0.6) is 0 Å². The third-order valence-corrected chi connectivity index (χ3v) is 24.9. The summed E-state index contributed by atoms with van der Waals surface area (Å²) in [5.41, 5.74) is 17.5. The molecule has 0 atom stereocenters. The molecule has 0 aliphatic rings. The summed E-state index contributed by atoms with van der Waals surface area (Å²) in [5, 5.41) is 24.8. The number of fused-ring (bicyclic) bond motifs is 27. The van der Waals surface area contributed by atoms with E-state index in [9.17, 15) is 0 Å².